The number of benzene rings is 1. The van der Waals surface area contributed by atoms with E-state index in [-0.39, 0.29) is 11.8 Å². The van der Waals surface area contributed by atoms with Crippen LogP contribution < -0.4 is 0 Å². The van der Waals surface area contributed by atoms with Crippen LogP contribution in [0.4, 0.5) is 0 Å². The van der Waals surface area contributed by atoms with Gasteiger partial charge in [-0.3, -0.25) is 14.3 Å². The Balaban J connectivity index is 1.52. The van der Waals surface area contributed by atoms with Crippen LogP contribution in [-0.2, 0) is 13.1 Å². The number of nitrogens with zero attached hydrogens (tertiary/aromatic N) is 4. The van der Waals surface area contributed by atoms with E-state index in [1.807, 2.05) is 52.6 Å². The quantitative estimate of drug-likeness (QED) is 0.834. The number of carbonyl (C=O) groups is 2. The van der Waals surface area contributed by atoms with Gasteiger partial charge in [-0.05, 0) is 44.4 Å². The molecule has 0 bridgehead atoms. The maximum absolute atomic E-state index is 12.9. The van der Waals surface area contributed by atoms with Crippen molar-refractivity contribution in [2.24, 2.45) is 0 Å². The molecule has 0 spiro atoms. The largest absolute Gasteiger partial charge is 0.337 e. The van der Waals surface area contributed by atoms with Gasteiger partial charge in [0.1, 0.15) is 0 Å². The van der Waals surface area contributed by atoms with E-state index < -0.39 is 0 Å². The average Bonchev–Trinajstić information content (AvgIpc) is 3.29. The Morgan fingerprint density at radius 1 is 0.923 bits per heavy atom. The van der Waals surface area contributed by atoms with Crippen molar-refractivity contribution in [3.63, 3.8) is 0 Å². The predicted octanol–water partition coefficient (Wildman–Crippen LogP) is 2.39. The molecular formula is C20H24N4O2. The fraction of sp³-hybridized carbons (Fsp3) is 0.450. The molecular weight excluding hydrogens is 328 g/mol. The Bertz CT molecular complexity index is 865. The number of likely N-dealkylation sites (tertiary alicyclic amines) is 1. The van der Waals surface area contributed by atoms with Crippen molar-refractivity contribution in [2.45, 2.75) is 39.8 Å². The third-order valence-electron chi connectivity index (χ3n) is 5.31. The summed E-state index contributed by atoms with van der Waals surface area (Å²) in [5.41, 5.74) is 4.33. The van der Waals surface area contributed by atoms with Gasteiger partial charge in [-0.1, -0.05) is 17.7 Å². The van der Waals surface area contributed by atoms with Gasteiger partial charge in [0.05, 0.1) is 18.8 Å². The van der Waals surface area contributed by atoms with Crippen molar-refractivity contribution in [3.05, 3.63) is 52.3 Å². The van der Waals surface area contributed by atoms with Crippen LogP contribution >= 0.6 is 0 Å². The second kappa shape index (κ2) is 6.59. The number of fused-ring (bicyclic) bond motifs is 1. The minimum Gasteiger partial charge on any atom is -0.337 e. The number of hydrogen-bond acceptors (Lipinski definition) is 3. The molecule has 0 atom stereocenters. The van der Waals surface area contributed by atoms with Gasteiger partial charge in [-0.25, -0.2) is 0 Å². The lowest BCUT2D eigenvalue weighted by Gasteiger charge is -2.28. The molecule has 136 valence electrons. The first-order valence-electron chi connectivity index (χ1n) is 9.25. The maximum atomic E-state index is 12.9. The van der Waals surface area contributed by atoms with E-state index >= 15 is 0 Å². The molecule has 4 rings (SSSR count). The van der Waals surface area contributed by atoms with Gasteiger partial charge in [0, 0.05) is 25.2 Å². The topological polar surface area (TPSA) is 58.4 Å². The summed E-state index contributed by atoms with van der Waals surface area (Å²) in [6, 6.07) is 7.76. The first kappa shape index (κ1) is 16.8. The molecule has 3 heterocycles. The van der Waals surface area contributed by atoms with Gasteiger partial charge in [-0.15, -0.1) is 0 Å². The number of hydrogen-bond donors (Lipinski definition) is 0. The molecule has 1 saturated heterocycles. The zero-order valence-electron chi connectivity index (χ0n) is 15.4. The number of aryl methyl sites for hydroxylation is 2. The van der Waals surface area contributed by atoms with Gasteiger partial charge < -0.3 is 9.80 Å². The van der Waals surface area contributed by atoms with E-state index in [0.717, 1.165) is 48.3 Å². The van der Waals surface area contributed by atoms with Gasteiger partial charge in [0.25, 0.3) is 11.8 Å². The maximum Gasteiger partial charge on any atom is 0.274 e. The molecule has 0 radical (unpaired) electrons. The van der Waals surface area contributed by atoms with Crippen LogP contribution in [0, 0.1) is 13.8 Å². The zero-order chi connectivity index (χ0) is 18.3. The lowest BCUT2D eigenvalue weighted by molar-refractivity contribution is 0.0703. The Morgan fingerprint density at radius 3 is 2.42 bits per heavy atom. The van der Waals surface area contributed by atoms with Gasteiger partial charge >= 0.3 is 0 Å². The third-order valence-corrected chi connectivity index (χ3v) is 5.31. The standard InChI is InChI=1S/C20H24N4O2/c1-14-5-6-17(15(2)11-14)19(25)23-9-10-24-16(13-23)12-18(21-24)20(26)22-7-3-4-8-22/h5-6,11-12H,3-4,7-10,13H2,1-2H3. The summed E-state index contributed by atoms with van der Waals surface area (Å²) in [5.74, 6) is 0.0547. The molecule has 6 nitrogen and oxygen atoms in total. The lowest BCUT2D eigenvalue weighted by atomic mass is 10.0. The molecule has 2 aromatic rings. The van der Waals surface area contributed by atoms with Gasteiger partial charge in [0.15, 0.2) is 5.69 Å². The van der Waals surface area contributed by atoms with Crippen LogP contribution in [0.5, 0.6) is 0 Å². The summed E-state index contributed by atoms with van der Waals surface area (Å²) in [6.07, 6.45) is 2.13. The number of carbonyl (C=O) groups excluding carboxylic acids is 2. The predicted molar refractivity (Wildman–Crippen MR) is 98.0 cm³/mol. The van der Waals surface area contributed by atoms with E-state index in [4.69, 9.17) is 0 Å². The summed E-state index contributed by atoms with van der Waals surface area (Å²) < 4.78 is 1.87. The van der Waals surface area contributed by atoms with E-state index in [9.17, 15) is 9.59 Å². The SMILES string of the molecule is Cc1ccc(C(=O)N2CCn3nc(C(=O)N4CCCC4)cc3C2)c(C)c1. The van der Waals surface area contributed by atoms with E-state index in [1.165, 1.54) is 0 Å². The van der Waals surface area contributed by atoms with E-state index in [0.29, 0.717) is 25.3 Å². The summed E-state index contributed by atoms with van der Waals surface area (Å²) in [6.45, 7) is 7.36. The molecule has 0 saturated carbocycles. The smallest absolute Gasteiger partial charge is 0.274 e. The van der Waals surface area contributed by atoms with Crippen LogP contribution in [0.2, 0.25) is 0 Å². The van der Waals surface area contributed by atoms with Crippen LogP contribution in [0.1, 0.15) is 50.5 Å². The summed E-state index contributed by atoms with van der Waals surface area (Å²) in [7, 11) is 0. The summed E-state index contributed by atoms with van der Waals surface area (Å²) in [5, 5.41) is 4.48. The Morgan fingerprint density at radius 2 is 1.69 bits per heavy atom. The van der Waals surface area contributed by atoms with E-state index in [1.54, 1.807) is 0 Å². The van der Waals surface area contributed by atoms with Gasteiger partial charge in [-0.2, -0.15) is 5.10 Å². The molecule has 2 aliphatic rings. The Kier molecular flexibility index (Phi) is 4.26. The van der Waals surface area contributed by atoms with Crippen molar-refractivity contribution in [1.29, 1.82) is 0 Å². The highest BCUT2D eigenvalue weighted by Gasteiger charge is 2.27. The molecule has 0 unspecified atom stereocenters. The highest BCUT2D eigenvalue weighted by atomic mass is 16.2. The molecule has 6 heteroatoms. The lowest BCUT2D eigenvalue weighted by Crippen LogP contribution is -2.38. The fourth-order valence-corrected chi connectivity index (χ4v) is 3.85. The van der Waals surface area contributed by atoms with Crippen LogP contribution in [-0.4, -0.2) is 51.0 Å². The van der Waals surface area contributed by atoms with Crippen LogP contribution in [0.25, 0.3) is 0 Å². The molecule has 26 heavy (non-hydrogen) atoms. The highest BCUT2D eigenvalue weighted by Crippen LogP contribution is 2.20. The number of aromatic nitrogens is 2. The van der Waals surface area contributed by atoms with Crippen molar-refractivity contribution >= 4 is 11.8 Å². The van der Waals surface area contributed by atoms with Gasteiger partial charge in [0.2, 0.25) is 0 Å². The van der Waals surface area contributed by atoms with Crippen molar-refractivity contribution in [2.75, 3.05) is 19.6 Å². The average molecular weight is 352 g/mol. The van der Waals surface area contributed by atoms with Crippen molar-refractivity contribution < 1.29 is 9.59 Å². The van der Waals surface area contributed by atoms with Crippen molar-refractivity contribution in [1.82, 2.24) is 19.6 Å². The van der Waals surface area contributed by atoms with Crippen LogP contribution in [0.15, 0.2) is 24.3 Å². The third kappa shape index (κ3) is 3.00. The van der Waals surface area contributed by atoms with E-state index in [2.05, 4.69) is 5.10 Å². The van der Waals surface area contributed by atoms with Crippen LogP contribution in [0.3, 0.4) is 0 Å². The molecule has 2 aliphatic heterocycles. The first-order chi connectivity index (χ1) is 12.5. The minimum absolute atomic E-state index is 0.0108. The number of rotatable bonds is 2. The molecule has 1 aromatic heterocycles. The second-order valence-corrected chi connectivity index (χ2v) is 7.29. The number of amides is 2. The molecule has 2 amide bonds. The monoisotopic (exact) mass is 352 g/mol. The Labute approximate surface area is 153 Å². The highest BCUT2D eigenvalue weighted by molar-refractivity contribution is 5.96. The molecule has 1 aromatic carbocycles. The minimum atomic E-state index is 0.0108. The van der Waals surface area contributed by atoms with Crippen molar-refractivity contribution in [3.8, 4) is 0 Å². The summed E-state index contributed by atoms with van der Waals surface area (Å²) >= 11 is 0. The molecule has 1 fully saturated rings. The summed E-state index contributed by atoms with van der Waals surface area (Å²) in [4.78, 5) is 29.2. The second-order valence-electron chi connectivity index (χ2n) is 7.29. The fourth-order valence-electron chi connectivity index (χ4n) is 3.85. The zero-order valence-corrected chi connectivity index (χ0v) is 15.4. The normalized spacial score (nSPS) is 16.7. The Hall–Kier alpha value is -2.63. The first-order valence-corrected chi connectivity index (χ1v) is 9.25. The molecule has 0 N–H and O–H groups in total. The molecule has 0 aliphatic carbocycles.